The van der Waals surface area contributed by atoms with Crippen molar-refractivity contribution in [2.45, 2.75) is 19.4 Å². The van der Waals surface area contributed by atoms with E-state index in [9.17, 15) is 0 Å². The fourth-order valence-corrected chi connectivity index (χ4v) is 3.13. The molecule has 0 amide bonds. The van der Waals surface area contributed by atoms with Gasteiger partial charge in [0, 0.05) is 36.7 Å². The molecule has 2 aromatic rings. The van der Waals surface area contributed by atoms with E-state index in [4.69, 9.17) is 4.74 Å². The summed E-state index contributed by atoms with van der Waals surface area (Å²) in [5, 5.41) is 1.39. The molecule has 3 nitrogen and oxygen atoms in total. The molecule has 1 aliphatic heterocycles. The average Bonchev–Trinajstić information content (AvgIpc) is 2.87. The monoisotopic (exact) mass is 284 g/mol. The minimum absolute atomic E-state index is 0.879. The van der Waals surface area contributed by atoms with Crippen molar-refractivity contribution in [1.82, 2.24) is 9.47 Å². The van der Waals surface area contributed by atoms with Crippen LogP contribution in [-0.2, 0) is 17.7 Å². The standard InChI is InChI=1S/C18H24N2O/c1-2-9-20-15-16(17-7-3-4-8-18(17)20)6-5-10-19-11-13-21-14-12-19/h2-4,7-8,15H,1,5-6,9-14H2. The van der Waals surface area contributed by atoms with Crippen LogP contribution in [0.25, 0.3) is 10.9 Å². The molecule has 112 valence electrons. The molecule has 21 heavy (non-hydrogen) atoms. The predicted octanol–water partition coefficient (Wildman–Crippen LogP) is 3.09. The lowest BCUT2D eigenvalue weighted by atomic mass is 10.1. The number of hydrogen-bond acceptors (Lipinski definition) is 2. The maximum Gasteiger partial charge on any atom is 0.0594 e. The first-order valence-corrected chi connectivity index (χ1v) is 7.86. The van der Waals surface area contributed by atoms with Gasteiger partial charge in [0.2, 0.25) is 0 Å². The summed E-state index contributed by atoms with van der Waals surface area (Å²) in [6.07, 6.45) is 6.61. The molecule has 0 aliphatic carbocycles. The highest BCUT2D eigenvalue weighted by atomic mass is 16.5. The van der Waals surface area contributed by atoms with Gasteiger partial charge >= 0.3 is 0 Å². The third-order valence-corrected chi connectivity index (χ3v) is 4.22. The molecule has 0 radical (unpaired) electrons. The number of rotatable bonds is 6. The second-order valence-corrected chi connectivity index (χ2v) is 5.67. The Balaban J connectivity index is 1.67. The van der Waals surface area contributed by atoms with Gasteiger partial charge in [0.1, 0.15) is 0 Å². The van der Waals surface area contributed by atoms with Crippen molar-refractivity contribution in [2.75, 3.05) is 32.8 Å². The SMILES string of the molecule is C=CCn1cc(CCCN2CCOCC2)c2ccccc21. The Kier molecular flexibility index (Phi) is 4.73. The van der Waals surface area contributed by atoms with E-state index in [1.165, 1.54) is 29.4 Å². The zero-order valence-corrected chi connectivity index (χ0v) is 12.6. The highest BCUT2D eigenvalue weighted by molar-refractivity contribution is 5.84. The molecule has 1 fully saturated rings. The van der Waals surface area contributed by atoms with Gasteiger partial charge < -0.3 is 9.30 Å². The average molecular weight is 284 g/mol. The van der Waals surface area contributed by atoms with Crippen molar-refractivity contribution in [3.8, 4) is 0 Å². The first kappa shape index (κ1) is 14.4. The first-order chi connectivity index (χ1) is 10.4. The minimum atomic E-state index is 0.879. The fraction of sp³-hybridized carbons (Fsp3) is 0.444. The second-order valence-electron chi connectivity index (χ2n) is 5.67. The van der Waals surface area contributed by atoms with Gasteiger partial charge in [-0.15, -0.1) is 6.58 Å². The van der Waals surface area contributed by atoms with Gasteiger partial charge in [0.05, 0.1) is 13.2 Å². The number of benzene rings is 1. The molecule has 0 atom stereocenters. The highest BCUT2D eigenvalue weighted by Gasteiger charge is 2.11. The van der Waals surface area contributed by atoms with Gasteiger partial charge in [-0.05, 0) is 31.0 Å². The number of nitrogens with zero attached hydrogens (tertiary/aromatic N) is 2. The maximum absolute atomic E-state index is 5.40. The van der Waals surface area contributed by atoms with Crippen LogP contribution in [0.15, 0.2) is 43.1 Å². The second kappa shape index (κ2) is 6.92. The van der Waals surface area contributed by atoms with Crippen molar-refractivity contribution in [3.63, 3.8) is 0 Å². The summed E-state index contributed by atoms with van der Waals surface area (Å²) < 4.78 is 7.70. The number of morpholine rings is 1. The number of hydrogen-bond donors (Lipinski definition) is 0. The van der Waals surface area contributed by atoms with Crippen LogP contribution in [0.3, 0.4) is 0 Å². The van der Waals surface area contributed by atoms with Crippen molar-refractivity contribution in [2.24, 2.45) is 0 Å². The summed E-state index contributed by atoms with van der Waals surface area (Å²) in [5.41, 5.74) is 2.78. The number of aromatic nitrogens is 1. The van der Waals surface area contributed by atoms with Crippen LogP contribution in [-0.4, -0.2) is 42.3 Å². The van der Waals surface area contributed by atoms with Crippen LogP contribution in [0.1, 0.15) is 12.0 Å². The van der Waals surface area contributed by atoms with Crippen molar-refractivity contribution < 1.29 is 4.74 Å². The van der Waals surface area contributed by atoms with E-state index in [0.717, 1.165) is 39.3 Å². The highest BCUT2D eigenvalue weighted by Crippen LogP contribution is 2.22. The lowest BCUT2D eigenvalue weighted by molar-refractivity contribution is 0.0375. The van der Waals surface area contributed by atoms with E-state index in [2.05, 4.69) is 46.5 Å². The largest absolute Gasteiger partial charge is 0.379 e. The van der Waals surface area contributed by atoms with E-state index in [-0.39, 0.29) is 0 Å². The summed E-state index contributed by atoms with van der Waals surface area (Å²) in [6, 6.07) is 8.68. The number of fused-ring (bicyclic) bond motifs is 1. The zero-order chi connectivity index (χ0) is 14.5. The third-order valence-electron chi connectivity index (χ3n) is 4.22. The van der Waals surface area contributed by atoms with Crippen molar-refractivity contribution >= 4 is 10.9 Å². The van der Waals surface area contributed by atoms with Gasteiger partial charge in [-0.3, -0.25) is 4.90 Å². The molecule has 0 unspecified atom stereocenters. The van der Waals surface area contributed by atoms with E-state index in [1.807, 2.05) is 6.08 Å². The summed E-state index contributed by atoms with van der Waals surface area (Å²) >= 11 is 0. The molecule has 0 N–H and O–H groups in total. The van der Waals surface area contributed by atoms with Crippen LogP contribution in [0.2, 0.25) is 0 Å². The Hall–Kier alpha value is -1.58. The van der Waals surface area contributed by atoms with Crippen LogP contribution in [0, 0.1) is 0 Å². The summed E-state index contributed by atoms with van der Waals surface area (Å²) in [5.74, 6) is 0. The Morgan fingerprint density at radius 3 is 2.81 bits per heavy atom. The van der Waals surface area contributed by atoms with Gasteiger partial charge in [-0.1, -0.05) is 24.3 Å². The van der Waals surface area contributed by atoms with Crippen LogP contribution >= 0.6 is 0 Å². The molecule has 3 heteroatoms. The van der Waals surface area contributed by atoms with Crippen molar-refractivity contribution in [1.29, 1.82) is 0 Å². The fourth-order valence-electron chi connectivity index (χ4n) is 3.13. The van der Waals surface area contributed by atoms with E-state index < -0.39 is 0 Å². The molecule has 0 bridgehead atoms. The smallest absolute Gasteiger partial charge is 0.0594 e. The minimum Gasteiger partial charge on any atom is -0.379 e. The first-order valence-electron chi connectivity index (χ1n) is 7.86. The van der Waals surface area contributed by atoms with Crippen LogP contribution < -0.4 is 0 Å². The quantitative estimate of drug-likeness (QED) is 0.758. The summed E-state index contributed by atoms with van der Waals surface area (Å²) in [4.78, 5) is 2.51. The number of ether oxygens (including phenoxy) is 1. The molecule has 1 aromatic heterocycles. The summed E-state index contributed by atoms with van der Waals surface area (Å²) in [6.45, 7) is 9.84. The zero-order valence-electron chi connectivity index (χ0n) is 12.6. The maximum atomic E-state index is 5.40. The Morgan fingerprint density at radius 1 is 1.19 bits per heavy atom. The van der Waals surface area contributed by atoms with Crippen molar-refractivity contribution in [3.05, 3.63) is 48.7 Å². The van der Waals surface area contributed by atoms with Gasteiger partial charge in [-0.2, -0.15) is 0 Å². The van der Waals surface area contributed by atoms with Gasteiger partial charge in [0.25, 0.3) is 0 Å². The number of aryl methyl sites for hydroxylation is 1. The van der Waals surface area contributed by atoms with Gasteiger partial charge in [0.15, 0.2) is 0 Å². The normalized spacial score (nSPS) is 16.4. The van der Waals surface area contributed by atoms with E-state index in [1.54, 1.807) is 0 Å². The molecular formula is C18H24N2O. The van der Waals surface area contributed by atoms with Crippen LogP contribution in [0.5, 0.6) is 0 Å². The predicted molar refractivity (Wildman–Crippen MR) is 87.7 cm³/mol. The molecule has 1 saturated heterocycles. The van der Waals surface area contributed by atoms with Gasteiger partial charge in [-0.25, -0.2) is 0 Å². The Morgan fingerprint density at radius 2 is 2.00 bits per heavy atom. The Bertz CT molecular complexity index is 596. The van der Waals surface area contributed by atoms with Crippen LogP contribution in [0.4, 0.5) is 0 Å². The molecular weight excluding hydrogens is 260 g/mol. The number of allylic oxidation sites excluding steroid dienone is 1. The third kappa shape index (κ3) is 3.36. The molecule has 3 rings (SSSR count). The molecule has 1 aromatic carbocycles. The topological polar surface area (TPSA) is 17.4 Å². The van der Waals surface area contributed by atoms with E-state index >= 15 is 0 Å². The lowest BCUT2D eigenvalue weighted by Crippen LogP contribution is -2.36. The lowest BCUT2D eigenvalue weighted by Gasteiger charge is -2.26. The molecule has 1 aliphatic rings. The number of para-hydroxylation sites is 1. The molecule has 2 heterocycles. The van der Waals surface area contributed by atoms with E-state index in [0.29, 0.717) is 0 Å². The summed E-state index contributed by atoms with van der Waals surface area (Å²) in [7, 11) is 0. The molecule has 0 saturated carbocycles. The molecule has 0 spiro atoms. The Labute approximate surface area is 126 Å².